The standard InChI is InChI=1S/2C18H18I4/c2*1-7-13(8(2)16(20)11(5)15(7)19)14-9(3)17(21)12(6)18(22)10(14)4/h2*1-6H3. The third kappa shape index (κ3) is 7.51. The summed E-state index contributed by atoms with van der Waals surface area (Å²) in [6, 6.07) is 0. The van der Waals surface area contributed by atoms with Gasteiger partial charge in [0.05, 0.1) is 0 Å². The molecule has 0 aromatic heterocycles. The lowest BCUT2D eigenvalue weighted by Crippen LogP contribution is -2.05. The molecule has 0 aliphatic carbocycles. The van der Waals surface area contributed by atoms with Gasteiger partial charge in [-0.15, -0.1) is 0 Å². The van der Waals surface area contributed by atoms with Crippen molar-refractivity contribution < 1.29 is 0 Å². The summed E-state index contributed by atoms with van der Waals surface area (Å²) in [5.41, 5.74) is 22.7. The lowest BCUT2D eigenvalue weighted by Gasteiger charge is -2.23. The molecule has 0 radical (unpaired) electrons. The van der Waals surface area contributed by atoms with Crippen LogP contribution in [0.4, 0.5) is 0 Å². The summed E-state index contributed by atoms with van der Waals surface area (Å²) in [6.07, 6.45) is 0. The van der Waals surface area contributed by atoms with E-state index in [1.807, 2.05) is 0 Å². The van der Waals surface area contributed by atoms with Gasteiger partial charge in [-0.2, -0.15) is 0 Å². The molecule has 4 rings (SSSR count). The Labute approximate surface area is 374 Å². The molecule has 0 nitrogen and oxygen atoms in total. The zero-order valence-corrected chi connectivity index (χ0v) is 44.3. The predicted molar refractivity (Wildman–Crippen MR) is 262 cm³/mol. The van der Waals surface area contributed by atoms with Gasteiger partial charge in [0.2, 0.25) is 0 Å². The Morgan fingerprint density at radius 2 is 0.273 bits per heavy atom. The summed E-state index contributed by atoms with van der Waals surface area (Å²) >= 11 is 20.0. The van der Waals surface area contributed by atoms with E-state index in [4.69, 9.17) is 0 Å². The molecule has 0 amide bonds. The predicted octanol–water partition coefficient (Wildman–Crippen LogP) is 15.2. The van der Waals surface area contributed by atoms with Crippen molar-refractivity contribution in [2.24, 2.45) is 0 Å². The molecular weight excluding hydrogens is 1450 g/mol. The normalized spacial score (nSPS) is 11.2. The van der Waals surface area contributed by atoms with E-state index in [0.717, 1.165) is 0 Å². The van der Waals surface area contributed by atoms with E-state index < -0.39 is 0 Å². The Kier molecular flexibility index (Phi) is 15.3. The van der Waals surface area contributed by atoms with Crippen LogP contribution in [-0.2, 0) is 0 Å². The highest BCUT2D eigenvalue weighted by Gasteiger charge is 2.23. The summed E-state index contributed by atoms with van der Waals surface area (Å²) in [5.74, 6) is 0. The Hall–Kier alpha value is 2.72. The van der Waals surface area contributed by atoms with Gasteiger partial charge in [-0.25, -0.2) is 0 Å². The SMILES string of the molecule is Cc1c(I)c(C)c(-c2c(C)c(I)c(C)c(I)c2C)c(C)c1I.Cc1c(I)c(C)c(-c2c(C)c(I)c(C)c(I)c2C)c(C)c1I. The Bertz CT molecular complexity index is 1460. The lowest BCUT2D eigenvalue weighted by molar-refractivity contribution is 1.21. The topological polar surface area (TPSA) is 0 Å². The lowest BCUT2D eigenvalue weighted by atomic mass is 9.87. The Morgan fingerprint density at radius 1 is 0.182 bits per heavy atom. The number of benzene rings is 4. The minimum atomic E-state index is 1.40. The van der Waals surface area contributed by atoms with Gasteiger partial charge in [0.1, 0.15) is 0 Å². The van der Waals surface area contributed by atoms with Crippen LogP contribution in [0.1, 0.15) is 66.8 Å². The first-order valence-corrected chi connectivity index (χ1v) is 22.6. The molecule has 0 saturated carbocycles. The fourth-order valence-electron chi connectivity index (χ4n) is 6.14. The van der Waals surface area contributed by atoms with Crippen LogP contribution in [0.15, 0.2) is 0 Å². The number of rotatable bonds is 2. The third-order valence-corrected chi connectivity index (χ3v) is 21.7. The van der Waals surface area contributed by atoms with Crippen molar-refractivity contribution in [1.29, 1.82) is 0 Å². The van der Waals surface area contributed by atoms with Crippen molar-refractivity contribution in [1.82, 2.24) is 0 Å². The molecule has 44 heavy (non-hydrogen) atoms. The van der Waals surface area contributed by atoms with Crippen molar-refractivity contribution >= 4 is 181 Å². The van der Waals surface area contributed by atoms with Gasteiger partial charge in [0.15, 0.2) is 0 Å². The van der Waals surface area contributed by atoms with Crippen LogP contribution in [0.3, 0.4) is 0 Å². The molecule has 0 unspecified atom stereocenters. The van der Waals surface area contributed by atoms with E-state index in [-0.39, 0.29) is 0 Å². The number of hydrogen-bond acceptors (Lipinski definition) is 0. The zero-order chi connectivity index (χ0) is 33.9. The molecule has 0 aliphatic heterocycles. The largest absolute Gasteiger partial charge is 0.0437 e. The quantitative estimate of drug-likeness (QED) is 0.176. The van der Waals surface area contributed by atoms with Gasteiger partial charge >= 0.3 is 0 Å². The molecule has 0 fully saturated rings. The van der Waals surface area contributed by atoms with Crippen LogP contribution in [0.2, 0.25) is 0 Å². The van der Waals surface area contributed by atoms with Crippen LogP contribution in [0.25, 0.3) is 22.3 Å². The second-order valence-electron chi connectivity index (χ2n) is 11.5. The van der Waals surface area contributed by atoms with Crippen molar-refractivity contribution in [2.45, 2.75) is 83.1 Å². The van der Waals surface area contributed by atoms with Crippen LogP contribution < -0.4 is 0 Å². The minimum absolute atomic E-state index is 1.40. The average molecular weight is 1480 g/mol. The molecule has 0 atom stereocenters. The summed E-state index contributed by atoms with van der Waals surface area (Å²) in [4.78, 5) is 0. The summed E-state index contributed by atoms with van der Waals surface area (Å²) in [6.45, 7) is 27.1. The van der Waals surface area contributed by atoms with Gasteiger partial charge < -0.3 is 0 Å². The summed E-state index contributed by atoms with van der Waals surface area (Å²) < 4.78 is 11.2. The highest BCUT2D eigenvalue weighted by atomic mass is 127. The highest BCUT2D eigenvalue weighted by Crippen LogP contribution is 2.44. The fraction of sp³-hybridized carbons (Fsp3) is 0.333. The van der Waals surface area contributed by atoms with Crippen molar-refractivity contribution in [3.63, 3.8) is 0 Å². The van der Waals surface area contributed by atoms with E-state index in [2.05, 4.69) is 264 Å². The third-order valence-electron chi connectivity index (χ3n) is 8.77. The van der Waals surface area contributed by atoms with Crippen LogP contribution >= 0.6 is 181 Å². The van der Waals surface area contributed by atoms with E-state index in [1.165, 1.54) is 118 Å². The van der Waals surface area contributed by atoms with Crippen LogP contribution in [-0.4, -0.2) is 0 Å². The van der Waals surface area contributed by atoms with E-state index in [9.17, 15) is 0 Å². The molecule has 0 heterocycles. The molecule has 236 valence electrons. The van der Waals surface area contributed by atoms with E-state index in [1.54, 1.807) is 0 Å². The second kappa shape index (κ2) is 16.4. The van der Waals surface area contributed by atoms with Gasteiger partial charge in [0, 0.05) is 28.6 Å². The smallest absolute Gasteiger partial charge is 0.0205 e. The number of halogens is 8. The van der Waals surface area contributed by atoms with Crippen molar-refractivity contribution in [3.05, 3.63) is 95.3 Å². The first kappa shape index (κ1) is 41.1. The van der Waals surface area contributed by atoms with E-state index in [0.29, 0.717) is 0 Å². The fourth-order valence-corrected chi connectivity index (χ4v) is 12.5. The molecule has 0 spiro atoms. The van der Waals surface area contributed by atoms with Gasteiger partial charge in [-0.05, 0) is 353 Å². The van der Waals surface area contributed by atoms with Crippen LogP contribution in [0.5, 0.6) is 0 Å². The molecule has 4 aromatic carbocycles. The molecule has 0 saturated heterocycles. The summed E-state index contributed by atoms with van der Waals surface area (Å²) in [7, 11) is 0. The maximum Gasteiger partial charge on any atom is 0.0205 e. The second-order valence-corrected chi connectivity index (χ2v) is 20.1. The average Bonchev–Trinajstić information content (AvgIpc) is 3.00. The minimum Gasteiger partial charge on any atom is -0.0437 e. The molecule has 4 aromatic rings. The monoisotopic (exact) mass is 1480 g/mol. The molecule has 0 aliphatic rings. The first-order chi connectivity index (χ1) is 20.2. The summed E-state index contributed by atoms with van der Waals surface area (Å²) in [5, 5.41) is 0. The molecular formula is C36H36I8. The molecule has 0 N–H and O–H groups in total. The van der Waals surface area contributed by atoms with Gasteiger partial charge in [-0.1, -0.05) is 0 Å². The maximum absolute atomic E-state index is 2.50. The van der Waals surface area contributed by atoms with Crippen LogP contribution in [0, 0.1) is 112 Å². The highest BCUT2D eigenvalue weighted by molar-refractivity contribution is 14.1. The van der Waals surface area contributed by atoms with Crippen molar-refractivity contribution in [2.75, 3.05) is 0 Å². The van der Waals surface area contributed by atoms with Gasteiger partial charge in [0.25, 0.3) is 0 Å². The zero-order valence-electron chi connectivity index (χ0n) is 27.0. The van der Waals surface area contributed by atoms with Gasteiger partial charge in [-0.3, -0.25) is 0 Å². The molecule has 0 bridgehead atoms. The number of hydrogen-bond donors (Lipinski definition) is 0. The Morgan fingerprint density at radius 3 is 0.364 bits per heavy atom. The first-order valence-electron chi connectivity index (χ1n) is 14.0. The Balaban J connectivity index is 0.000000240. The van der Waals surface area contributed by atoms with Crippen molar-refractivity contribution in [3.8, 4) is 22.3 Å². The van der Waals surface area contributed by atoms with E-state index >= 15 is 0 Å². The maximum atomic E-state index is 2.50. The molecule has 8 heteroatoms.